The molecule has 0 atom stereocenters. The molecule has 0 heterocycles. The monoisotopic (exact) mass is 309 g/mol. The normalized spacial score (nSPS) is 9.57. The molecule has 2 rings (SSSR count). The van der Waals surface area contributed by atoms with Crippen molar-refractivity contribution >= 4 is 23.4 Å². The summed E-state index contributed by atoms with van der Waals surface area (Å²) in [5.74, 6) is -0.505. The first kappa shape index (κ1) is 16.0. The minimum Gasteiger partial charge on any atom is -0.462 e. The maximum Gasteiger partial charge on any atom is 0.340 e. The molecule has 0 aliphatic carbocycles. The van der Waals surface area contributed by atoms with Crippen LogP contribution in [0.2, 0.25) is 0 Å². The van der Waals surface area contributed by atoms with Crippen LogP contribution in [-0.2, 0) is 4.74 Å². The zero-order valence-electron chi connectivity index (χ0n) is 12.5. The van der Waals surface area contributed by atoms with Crippen molar-refractivity contribution in [3.8, 4) is 6.07 Å². The predicted octanol–water partition coefficient (Wildman–Crippen LogP) is 3.38. The summed E-state index contributed by atoms with van der Waals surface area (Å²) in [6, 6.07) is 14.6. The Morgan fingerprint density at radius 3 is 2.65 bits per heavy atom. The lowest BCUT2D eigenvalue weighted by molar-refractivity contribution is 0.0527. The Hall–Kier alpha value is -3.33. The van der Waals surface area contributed by atoms with E-state index in [1.54, 1.807) is 55.5 Å². The Kier molecular flexibility index (Phi) is 5.31. The Morgan fingerprint density at radius 2 is 1.91 bits per heavy atom. The first-order valence-corrected chi connectivity index (χ1v) is 6.98. The number of carbonyl (C=O) groups is 2. The maximum atomic E-state index is 12.1. The highest BCUT2D eigenvalue weighted by atomic mass is 16.5. The Balaban J connectivity index is 2.11. The number of carbonyl (C=O) groups excluding carboxylic acids is 2. The summed E-state index contributed by atoms with van der Waals surface area (Å²) in [7, 11) is 0. The number of rotatable bonds is 4. The summed E-state index contributed by atoms with van der Waals surface area (Å²) in [6.07, 6.45) is 0. The molecule has 2 aromatic carbocycles. The van der Waals surface area contributed by atoms with Gasteiger partial charge < -0.3 is 15.4 Å². The van der Waals surface area contributed by atoms with Crippen LogP contribution in [-0.4, -0.2) is 18.6 Å². The topological polar surface area (TPSA) is 91.2 Å². The highest BCUT2D eigenvalue weighted by Crippen LogP contribution is 2.17. The molecule has 0 radical (unpaired) electrons. The van der Waals surface area contributed by atoms with Crippen LogP contribution in [0.3, 0.4) is 0 Å². The van der Waals surface area contributed by atoms with Gasteiger partial charge in [0, 0.05) is 5.69 Å². The van der Waals surface area contributed by atoms with Gasteiger partial charge in [-0.1, -0.05) is 18.2 Å². The van der Waals surface area contributed by atoms with Crippen LogP contribution in [0.1, 0.15) is 22.8 Å². The van der Waals surface area contributed by atoms with Gasteiger partial charge in [0.2, 0.25) is 0 Å². The number of ether oxygens (including phenoxy) is 1. The molecular formula is C17H15N3O3. The fourth-order valence-electron chi connectivity index (χ4n) is 1.93. The third-order valence-corrected chi connectivity index (χ3v) is 2.92. The van der Waals surface area contributed by atoms with Crippen LogP contribution in [0.4, 0.5) is 16.2 Å². The molecule has 2 aromatic rings. The summed E-state index contributed by atoms with van der Waals surface area (Å²) >= 11 is 0. The molecule has 116 valence electrons. The summed E-state index contributed by atoms with van der Waals surface area (Å²) in [5, 5.41) is 14.1. The van der Waals surface area contributed by atoms with Crippen molar-refractivity contribution in [1.82, 2.24) is 0 Å². The molecule has 23 heavy (non-hydrogen) atoms. The lowest BCUT2D eigenvalue weighted by Crippen LogP contribution is -2.21. The number of nitriles is 1. The van der Waals surface area contributed by atoms with E-state index in [1.807, 2.05) is 6.07 Å². The number of hydrogen-bond donors (Lipinski definition) is 2. The zero-order valence-corrected chi connectivity index (χ0v) is 12.5. The number of urea groups is 1. The third kappa shape index (κ3) is 4.32. The van der Waals surface area contributed by atoms with Gasteiger partial charge in [-0.3, -0.25) is 0 Å². The van der Waals surface area contributed by atoms with E-state index in [2.05, 4.69) is 10.6 Å². The van der Waals surface area contributed by atoms with Crippen molar-refractivity contribution in [2.75, 3.05) is 17.2 Å². The Labute approximate surface area is 133 Å². The van der Waals surface area contributed by atoms with Crippen molar-refractivity contribution in [3.63, 3.8) is 0 Å². The van der Waals surface area contributed by atoms with Gasteiger partial charge in [-0.2, -0.15) is 5.26 Å². The quantitative estimate of drug-likeness (QED) is 0.847. The van der Waals surface area contributed by atoms with E-state index in [4.69, 9.17) is 10.00 Å². The number of para-hydroxylation sites is 1. The van der Waals surface area contributed by atoms with Gasteiger partial charge in [-0.15, -0.1) is 0 Å². The molecule has 0 saturated carbocycles. The molecule has 6 nitrogen and oxygen atoms in total. The van der Waals surface area contributed by atoms with E-state index in [0.717, 1.165) is 0 Å². The fraction of sp³-hybridized carbons (Fsp3) is 0.118. The van der Waals surface area contributed by atoms with Crippen LogP contribution in [0.5, 0.6) is 0 Å². The highest BCUT2D eigenvalue weighted by Gasteiger charge is 2.13. The molecule has 0 saturated heterocycles. The number of hydrogen-bond acceptors (Lipinski definition) is 4. The molecule has 0 aliphatic heterocycles. The molecule has 2 amide bonds. The lowest BCUT2D eigenvalue weighted by atomic mass is 10.2. The van der Waals surface area contributed by atoms with Crippen LogP contribution in [0.25, 0.3) is 0 Å². The second kappa shape index (κ2) is 7.61. The van der Waals surface area contributed by atoms with Crippen molar-refractivity contribution in [2.24, 2.45) is 0 Å². The zero-order chi connectivity index (χ0) is 16.7. The number of esters is 1. The molecule has 0 bridgehead atoms. The van der Waals surface area contributed by atoms with E-state index < -0.39 is 12.0 Å². The first-order chi connectivity index (χ1) is 11.1. The van der Waals surface area contributed by atoms with Gasteiger partial charge in [0.1, 0.15) is 0 Å². The largest absolute Gasteiger partial charge is 0.462 e. The van der Waals surface area contributed by atoms with Crippen molar-refractivity contribution in [1.29, 1.82) is 5.26 Å². The summed E-state index contributed by atoms with van der Waals surface area (Å²) in [5.41, 5.74) is 1.54. The minimum absolute atomic E-state index is 0.250. The third-order valence-electron chi connectivity index (χ3n) is 2.92. The highest BCUT2D eigenvalue weighted by molar-refractivity contribution is 6.05. The van der Waals surface area contributed by atoms with Gasteiger partial charge in [-0.05, 0) is 37.3 Å². The van der Waals surface area contributed by atoms with Gasteiger partial charge in [0.05, 0.1) is 29.5 Å². The Bertz CT molecular complexity index is 766. The fourth-order valence-corrected chi connectivity index (χ4v) is 1.93. The molecule has 6 heteroatoms. The van der Waals surface area contributed by atoms with Crippen molar-refractivity contribution in [2.45, 2.75) is 6.92 Å². The summed E-state index contributed by atoms with van der Waals surface area (Å²) in [6.45, 7) is 1.96. The van der Waals surface area contributed by atoms with Gasteiger partial charge >= 0.3 is 12.0 Å². The average molecular weight is 309 g/mol. The second-order valence-corrected chi connectivity index (χ2v) is 4.54. The molecule has 0 spiro atoms. The van der Waals surface area contributed by atoms with Crippen LogP contribution >= 0.6 is 0 Å². The van der Waals surface area contributed by atoms with Crippen LogP contribution in [0, 0.1) is 11.3 Å². The van der Waals surface area contributed by atoms with Crippen LogP contribution < -0.4 is 10.6 Å². The van der Waals surface area contributed by atoms with E-state index in [-0.39, 0.29) is 12.2 Å². The molecule has 0 aliphatic rings. The Morgan fingerprint density at radius 1 is 1.13 bits per heavy atom. The van der Waals surface area contributed by atoms with E-state index in [1.165, 1.54) is 0 Å². The van der Waals surface area contributed by atoms with E-state index in [0.29, 0.717) is 16.9 Å². The summed E-state index contributed by atoms with van der Waals surface area (Å²) in [4.78, 5) is 23.9. The number of nitrogens with zero attached hydrogens (tertiary/aromatic N) is 1. The number of amides is 2. The molecular weight excluding hydrogens is 294 g/mol. The molecule has 2 N–H and O–H groups in total. The van der Waals surface area contributed by atoms with E-state index in [9.17, 15) is 9.59 Å². The molecule has 0 unspecified atom stereocenters. The van der Waals surface area contributed by atoms with Gasteiger partial charge in [0.15, 0.2) is 0 Å². The van der Waals surface area contributed by atoms with Crippen LogP contribution in [0.15, 0.2) is 48.5 Å². The van der Waals surface area contributed by atoms with Crippen molar-refractivity contribution < 1.29 is 14.3 Å². The smallest absolute Gasteiger partial charge is 0.340 e. The average Bonchev–Trinajstić information content (AvgIpc) is 2.55. The minimum atomic E-state index is -0.517. The lowest BCUT2D eigenvalue weighted by Gasteiger charge is -2.11. The number of anilines is 2. The number of benzene rings is 2. The van der Waals surface area contributed by atoms with Crippen molar-refractivity contribution in [3.05, 3.63) is 59.7 Å². The van der Waals surface area contributed by atoms with Gasteiger partial charge in [-0.25, -0.2) is 9.59 Å². The predicted molar refractivity (Wildman–Crippen MR) is 86.2 cm³/mol. The summed E-state index contributed by atoms with van der Waals surface area (Å²) < 4.78 is 4.95. The maximum absolute atomic E-state index is 12.1. The SMILES string of the molecule is CCOC(=O)c1ccccc1NC(=O)Nc1cccc(C#N)c1. The second-order valence-electron chi connectivity index (χ2n) is 4.54. The van der Waals surface area contributed by atoms with Gasteiger partial charge in [0.25, 0.3) is 0 Å². The first-order valence-electron chi connectivity index (χ1n) is 6.98. The number of nitrogens with one attached hydrogen (secondary N) is 2. The molecule has 0 aromatic heterocycles. The standard InChI is InChI=1S/C17H15N3O3/c1-2-23-16(21)14-8-3-4-9-15(14)20-17(22)19-13-7-5-6-12(10-13)11-18/h3-10H,2H2,1H3,(H2,19,20,22). The molecule has 0 fully saturated rings. The van der Waals surface area contributed by atoms with E-state index >= 15 is 0 Å².